The highest BCUT2D eigenvalue weighted by Gasteiger charge is 2.27. The monoisotopic (exact) mass is 303 g/mol. The predicted molar refractivity (Wildman–Crippen MR) is 85.4 cm³/mol. The number of nitrogens with one attached hydrogen (secondary N) is 1. The fourth-order valence-corrected chi connectivity index (χ4v) is 4.05. The van der Waals surface area contributed by atoms with Gasteiger partial charge < -0.3 is 9.84 Å². The SMILES string of the molecule is CNC(c1ccccc1)C(C)c1nc(C2CCCS2)no1. The van der Waals surface area contributed by atoms with Crippen molar-refractivity contribution < 1.29 is 4.52 Å². The molecule has 0 aliphatic carbocycles. The van der Waals surface area contributed by atoms with E-state index in [1.54, 1.807) is 0 Å². The van der Waals surface area contributed by atoms with Crippen molar-refractivity contribution in [2.24, 2.45) is 0 Å². The molecule has 0 spiro atoms. The van der Waals surface area contributed by atoms with Gasteiger partial charge in [-0.1, -0.05) is 42.4 Å². The molecule has 1 aromatic carbocycles. The minimum absolute atomic E-state index is 0.144. The molecule has 3 atom stereocenters. The molecule has 1 aliphatic rings. The van der Waals surface area contributed by atoms with E-state index in [9.17, 15) is 0 Å². The molecular weight excluding hydrogens is 282 g/mol. The van der Waals surface area contributed by atoms with Gasteiger partial charge in [0.05, 0.1) is 11.2 Å². The largest absolute Gasteiger partial charge is 0.339 e. The van der Waals surface area contributed by atoms with E-state index >= 15 is 0 Å². The third kappa shape index (κ3) is 3.14. The Bertz CT molecular complexity index is 566. The molecule has 0 bridgehead atoms. The van der Waals surface area contributed by atoms with Gasteiger partial charge in [0.15, 0.2) is 5.82 Å². The highest BCUT2D eigenvalue weighted by molar-refractivity contribution is 7.99. The van der Waals surface area contributed by atoms with E-state index in [1.165, 1.54) is 17.7 Å². The molecule has 5 heteroatoms. The van der Waals surface area contributed by atoms with Gasteiger partial charge in [-0.3, -0.25) is 0 Å². The molecule has 1 fully saturated rings. The normalized spacial score (nSPS) is 21.3. The molecule has 1 saturated heterocycles. The van der Waals surface area contributed by atoms with Gasteiger partial charge in [-0.15, -0.1) is 0 Å². The van der Waals surface area contributed by atoms with Crippen LogP contribution in [0.5, 0.6) is 0 Å². The number of likely N-dealkylation sites (N-methyl/N-ethyl adjacent to an activating group) is 1. The zero-order valence-corrected chi connectivity index (χ0v) is 13.3. The quantitative estimate of drug-likeness (QED) is 0.912. The van der Waals surface area contributed by atoms with Gasteiger partial charge in [0.25, 0.3) is 0 Å². The number of nitrogens with zero attached hydrogens (tertiary/aromatic N) is 2. The number of hydrogen-bond donors (Lipinski definition) is 1. The van der Waals surface area contributed by atoms with Crippen molar-refractivity contribution in [3.05, 3.63) is 47.6 Å². The minimum Gasteiger partial charge on any atom is -0.339 e. The topological polar surface area (TPSA) is 51.0 Å². The Labute approximate surface area is 129 Å². The van der Waals surface area contributed by atoms with Crippen LogP contribution in [0.1, 0.15) is 54.3 Å². The average Bonchev–Trinajstić information content (AvgIpc) is 3.20. The Morgan fingerprint density at radius 1 is 1.33 bits per heavy atom. The summed E-state index contributed by atoms with van der Waals surface area (Å²) < 4.78 is 5.53. The molecule has 1 aliphatic heterocycles. The Morgan fingerprint density at radius 2 is 2.14 bits per heavy atom. The molecule has 0 saturated carbocycles. The van der Waals surface area contributed by atoms with Gasteiger partial charge in [-0.25, -0.2) is 0 Å². The van der Waals surface area contributed by atoms with Crippen molar-refractivity contribution >= 4 is 11.8 Å². The standard InChI is InChI=1S/C16H21N3OS/c1-11(14(17-2)12-7-4-3-5-8-12)16-18-15(19-20-16)13-9-6-10-21-13/h3-5,7-8,11,13-14,17H,6,9-10H2,1-2H3. The second-order valence-electron chi connectivity index (χ2n) is 5.46. The van der Waals surface area contributed by atoms with E-state index in [1.807, 2.05) is 24.9 Å². The lowest BCUT2D eigenvalue weighted by Crippen LogP contribution is -2.22. The van der Waals surface area contributed by atoms with E-state index in [0.717, 1.165) is 18.1 Å². The molecule has 4 nitrogen and oxygen atoms in total. The van der Waals surface area contributed by atoms with E-state index in [-0.39, 0.29) is 12.0 Å². The molecule has 0 radical (unpaired) electrons. The number of benzene rings is 1. The Morgan fingerprint density at radius 3 is 2.81 bits per heavy atom. The molecule has 112 valence electrons. The summed E-state index contributed by atoms with van der Waals surface area (Å²) in [5.74, 6) is 2.93. The lowest BCUT2D eigenvalue weighted by molar-refractivity contribution is 0.328. The number of thioether (sulfide) groups is 1. The van der Waals surface area contributed by atoms with Gasteiger partial charge in [-0.2, -0.15) is 16.7 Å². The van der Waals surface area contributed by atoms with Gasteiger partial charge >= 0.3 is 0 Å². The van der Waals surface area contributed by atoms with Crippen molar-refractivity contribution in [1.29, 1.82) is 0 Å². The third-order valence-electron chi connectivity index (χ3n) is 4.03. The van der Waals surface area contributed by atoms with Crippen LogP contribution in [0.4, 0.5) is 0 Å². The van der Waals surface area contributed by atoms with Crippen molar-refractivity contribution in [2.75, 3.05) is 12.8 Å². The van der Waals surface area contributed by atoms with E-state index in [2.05, 4.69) is 46.6 Å². The maximum absolute atomic E-state index is 5.53. The highest BCUT2D eigenvalue weighted by Crippen LogP contribution is 2.39. The maximum Gasteiger partial charge on any atom is 0.231 e. The molecule has 3 unspecified atom stereocenters. The van der Waals surface area contributed by atoms with Crippen LogP contribution in [0, 0.1) is 0 Å². The van der Waals surface area contributed by atoms with E-state index in [0.29, 0.717) is 5.25 Å². The first kappa shape index (κ1) is 14.6. The van der Waals surface area contributed by atoms with Crippen LogP contribution in [-0.4, -0.2) is 22.9 Å². The lowest BCUT2D eigenvalue weighted by Gasteiger charge is -2.21. The summed E-state index contributed by atoms with van der Waals surface area (Å²) in [5, 5.41) is 7.97. The Balaban J connectivity index is 1.78. The zero-order valence-electron chi connectivity index (χ0n) is 12.5. The first-order valence-electron chi connectivity index (χ1n) is 7.47. The maximum atomic E-state index is 5.53. The zero-order chi connectivity index (χ0) is 14.7. The first-order chi connectivity index (χ1) is 10.3. The summed E-state index contributed by atoms with van der Waals surface area (Å²) in [6, 6.07) is 10.6. The van der Waals surface area contributed by atoms with Gasteiger partial charge in [0.2, 0.25) is 5.89 Å². The summed E-state index contributed by atoms with van der Waals surface area (Å²) in [6.45, 7) is 2.13. The molecule has 3 rings (SSSR count). The van der Waals surface area contributed by atoms with E-state index < -0.39 is 0 Å². The van der Waals surface area contributed by atoms with Gasteiger partial charge in [0.1, 0.15) is 0 Å². The summed E-state index contributed by atoms with van der Waals surface area (Å²) >= 11 is 1.93. The molecular formula is C16H21N3OS. The van der Waals surface area contributed by atoms with E-state index in [4.69, 9.17) is 4.52 Å². The second kappa shape index (κ2) is 6.62. The molecule has 0 amide bonds. The lowest BCUT2D eigenvalue weighted by atomic mass is 9.94. The van der Waals surface area contributed by atoms with Crippen molar-refractivity contribution in [3.63, 3.8) is 0 Å². The van der Waals surface area contributed by atoms with Crippen molar-refractivity contribution in [2.45, 2.75) is 37.0 Å². The number of aromatic nitrogens is 2. The molecule has 2 heterocycles. The summed E-state index contributed by atoms with van der Waals surface area (Å²) in [5.41, 5.74) is 1.24. The van der Waals surface area contributed by atoms with Crippen LogP contribution in [0.3, 0.4) is 0 Å². The van der Waals surface area contributed by atoms with Crippen LogP contribution in [-0.2, 0) is 0 Å². The summed E-state index contributed by atoms with van der Waals surface area (Å²) in [6.07, 6.45) is 2.41. The minimum atomic E-state index is 0.144. The van der Waals surface area contributed by atoms with Crippen LogP contribution in [0.2, 0.25) is 0 Å². The van der Waals surface area contributed by atoms with Crippen LogP contribution in [0.25, 0.3) is 0 Å². The fraction of sp³-hybridized carbons (Fsp3) is 0.500. The molecule has 1 aromatic heterocycles. The average molecular weight is 303 g/mol. The smallest absolute Gasteiger partial charge is 0.231 e. The number of hydrogen-bond acceptors (Lipinski definition) is 5. The Hall–Kier alpha value is -1.33. The summed E-state index contributed by atoms with van der Waals surface area (Å²) in [4.78, 5) is 4.65. The fourth-order valence-electron chi connectivity index (χ4n) is 2.85. The molecule has 21 heavy (non-hydrogen) atoms. The first-order valence-corrected chi connectivity index (χ1v) is 8.51. The van der Waals surface area contributed by atoms with Crippen LogP contribution in [0.15, 0.2) is 34.9 Å². The van der Waals surface area contributed by atoms with Gasteiger partial charge in [-0.05, 0) is 31.2 Å². The van der Waals surface area contributed by atoms with Crippen molar-refractivity contribution in [1.82, 2.24) is 15.5 Å². The summed E-state index contributed by atoms with van der Waals surface area (Å²) in [7, 11) is 1.97. The predicted octanol–water partition coefficient (Wildman–Crippen LogP) is 3.70. The van der Waals surface area contributed by atoms with Crippen molar-refractivity contribution in [3.8, 4) is 0 Å². The Kier molecular flexibility index (Phi) is 4.60. The van der Waals surface area contributed by atoms with Crippen LogP contribution < -0.4 is 5.32 Å². The second-order valence-corrected chi connectivity index (χ2v) is 6.77. The molecule has 2 aromatic rings. The molecule has 1 N–H and O–H groups in total. The number of rotatable bonds is 5. The van der Waals surface area contributed by atoms with Gasteiger partial charge in [0, 0.05) is 6.04 Å². The van der Waals surface area contributed by atoms with Crippen LogP contribution >= 0.6 is 11.8 Å². The third-order valence-corrected chi connectivity index (χ3v) is 5.41. The highest BCUT2D eigenvalue weighted by atomic mass is 32.2.